The van der Waals surface area contributed by atoms with Crippen LogP contribution >= 0.6 is 0 Å². The van der Waals surface area contributed by atoms with E-state index >= 15 is 0 Å². The maximum Gasteiger partial charge on any atom is 0.267 e. The van der Waals surface area contributed by atoms with E-state index in [0.717, 1.165) is 0 Å². The lowest BCUT2D eigenvalue weighted by molar-refractivity contribution is 0.593. The molecule has 3 N–H and O–H groups in total. The number of hydrogen-bond acceptors (Lipinski definition) is 6. The summed E-state index contributed by atoms with van der Waals surface area (Å²) in [6.45, 7) is 4.18. The van der Waals surface area contributed by atoms with Gasteiger partial charge in [-0.2, -0.15) is 5.10 Å². The second-order valence-electron chi connectivity index (χ2n) is 4.19. The highest BCUT2D eigenvalue weighted by atomic mass is 32.2. The minimum absolute atomic E-state index is 0.0258. The summed E-state index contributed by atoms with van der Waals surface area (Å²) >= 11 is 0. The SMILES string of the molecule is Cc1nn(CCN)c(C)c1S(=O)(=O)Nc1ncccn1. The predicted molar refractivity (Wildman–Crippen MR) is 73.6 cm³/mol. The van der Waals surface area contributed by atoms with Crippen LogP contribution in [0.4, 0.5) is 5.95 Å². The summed E-state index contributed by atoms with van der Waals surface area (Å²) in [5.41, 5.74) is 6.43. The van der Waals surface area contributed by atoms with E-state index in [4.69, 9.17) is 5.73 Å². The van der Waals surface area contributed by atoms with Gasteiger partial charge in [-0.25, -0.2) is 23.1 Å². The van der Waals surface area contributed by atoms with Gasteiger partial charge in [0.05, 0.1) is 17.9 Å². The summed E-state index contributed by atoms with van der Waals surface area (Å²) in [6, 6.07) is 1.60. The van der Waals surface area contributed by atoms with Crippen molar-refractivity contribution < 1.29 is 8.42 Å². The van der Waals surface area contributed by atoms with Gasteiger partial charge in [-0.1, -0.05) is 0 Å². The van der Waals surface area contributed by atoms with Crippen LogP contribution in [0.2, 0.25) is 0 Å². The molecule has 108 valence electrons. The summed E-state index contributed by atoms with van der Waals surface area (Å²) < 4.78 is 28.7. The third-order valence-corrected chi connectivity index (χ3v) is 4.30. The van der Waals surface area contributed by atoms with Gasteiger partial charge >= 0.3 is 0 Å². The molecule has 0 aliphatic carbocycles. The Bertz CT molecular complexity index is 695. The van der Waals surface area contributed by atoms with Crippen molar-refractivity contribution in [2.75, 3.05) is 11.3 Å². The van der Waals surface area contributed by atoms with E-state index in [2.05, 4.69) is 19.8 Å². The lowest BCUT2D eigenvalue weighted by Gasteiger charge is -2.07. The van der Waals surface area contributed by atoms with E-state index in [9.17, 15) is 8.42 Å². The molecule has 0 spiro atoms. The van der Waals surface area contributed by atoms with Crippen LogP contribution in [0.5, 0.6) is 0 Å². The quantitative estimate of drug-likeness (QED) is 0.805. The Morgan fingerprint density at radius 1 is 1.30 bits per heavy atom. The molecule has 20 heavy (non-hydrogen) atoms. The molecular weight excluding hydrogens is 280 g/mol. The van der Waals surface area contributed by atoms with E-state index < -0.39 is 10.0 Å². The Morgan fingerprint density at radius 3 is 2.55 bits per heavy atom. The Balaban J connectivity index is 2.40. The van der Waals surface area contributed by atoms with Gasteiger partial charge in [-0.15, -0.1) is 0 Å². The Hall–Kier alpha value is -2.00. The number of aryl methyl sites for hydroxylation is 1. The molecule has 2 aromatic rings. The molecule has 0 fully saturated rings. The fraction of sp³-hybridized carbons (Fsp3) is 0.364. The van der Waals surface area contributed by atoms with Gasteiger partial charge < -0.3 is 5.73 Å². The molecule has 9 heteroatoms. The van der Waals surface area contributed by atoms with Gasteiger partial charge in [0.15, 0.2) is 0 Å². The zero-order valence-electron chi connectivity index (χ0n) is 11.2. The molecular formula is C11H16N6O2S. The van der Waals surface area contributed by atoms with E-state index in [1.165, 1.54) is 12.4 Å². The van der Waals surface area contributed by atoms with Crippen LogP contribution in [-0.4, -0.2) is 34.7 Å². The number of nitrogens with one attached hydrogen (secondary N) is 1. The molecule has 8 nitrogen and oxygen atoms in total. The van der Waals surface area contributed by atoms with Crippen molar-refractivity contribution in [3.63, 3.8) is 0 Å². The minimum atomic E-state index is -3.77. The third kappa shape index (κ3) is 2.78. The van der Waals surface area contributed by atoms with Crippen LogP contribution in [0.3, 0.4) is 0 Å². The number of hydrogen-bond donors (Lipinski definition) is 2. The molecule has 0 aliphatic rings. The maximum atomic E-state index is 12.4. The first-order chi connectivity index (χ1) is 9.45. The average molecular weight is 296 g/mol. The van der Waals surface area contributed by atoms with Gasteiger partial charge in [-0.05, 0) is 19.9 Å². The Labute approximate surface area is 117 Å². The lowest BCUT2D eigenvalue weighted by Crippen LogP contribution is -2.17. The highest BCUT2D eigenvalue weighted by Crippen LogP contribution is 2.21. The van der Waals surface area contributed by atoms with Crippen molar-refractivity contribution in [1.82, 2.24) is 19.7 Å². The van der Waals surface area contributed by atoms with Crippen LogP contribution in [0, 0.1) is 13.8 Å². The molecule has 2 heterocycles. The summed E-state index contributed by atoms with van der Waals surface area (Å²) in [4.78, 5) is 7.82. The molecule has 0 atom stereocenters. The molecule has 0 unspecified atom stereocenters. The van der Waals surface area contributed by atoms with Crippen molar-refractivity contribution >= 4 is 16.0 Å². The number of anilines is 1. The van der Waals surface area contributed by atoms with E-state index in [0.29, 0.717) is 24.5 Å². The fourth-order valence-electron chi connectivity index (χ4n) is 1.93. The second-order valence-corrected chi connectivity index (χ2v) is 5.81. The van der Waals surface area contributed by atoms with Gasteiger partial charge in [0.2, 0.25) is 5.95 Å². The number of sulfonamides is 1. The molecule has 0 aliphatic heterocycles. The predicted octanol–water partition coefficient (Wildman–Crippen LogP) is 0.0494. The van der Waals surface area contributed by atoms with Crippen LogP contribution in [0.25, 0.3) is 0 Å². The lowest BCUT2D eigenvalue weighted by atomic mass is 10.4. The van der Waals surface area contributed by atoms with Gasteiger partial charge in [0.1, 0.15) is 4.90 Å². The second kappa shape index (κ2) is 5.55. The fourth-order valence-corrected chi connectivity index (χ4v) is 3.30. The zero-order valence-corrected chi connectivity index (χ0v) is 12.1. The molecule has 2 aromatic heterocycles. The van der Waals surface area contributed by atoms with Crippen molar-refractivity contribution in [1.29, 1.82) is 0 Å². The summed E-state index contributed by atoms with van der Waals surface area (Å²) in [6.07, 6.45) is 2.92. The first kappa shape index (κ1) is 14.4. The monoisotopic (exact) mass is 296 g/mol. The minimum Gasteiger partial charge on any atom is -0.329 e. The zero-order chi connectivity index (χ0) is 14.8. The van der Waals surface area contributed by atoms with Crippen LogP contribution in [-0.2, 0) is 16.6 Å². The first-order valence-electron chi connectivity index (χ1n) is 5.99. The summed E-state index contributed by atoms with van der Waals surface area (Å²) in [7, 11) is -3.77. The third-order valence-electron chi connectivity index (χ3n) is 2.72. The van der Waals surface area contributed by atoms with Crippen molar-refractivity contribution in [3.05, 3.63) is 29.8 Å². The molecule has 0 bridgehead atoms. The molecule has 0 saturated heterocycles. The van der Waals surface area contributed by atoms with E-state index in [1.807, 2.05) is 0 Å². The van der Waals surface area contributed by atoms with Crippen molar-refractivity contribution in [2.24, 2.45) is 5.73 Å². The number of rotatable bonds is 5. The van der Waals surface area contributed by atoms with Gasteiger partial charge in [0.25, 0.3) is 10.0 Å². The maximum absolute atomic E-state index is 12.4. The molecule has 0 radical (unpaired) electrons. The summed E-state index contributed by atoms with van der Waals surface area (Å²) in [5.74, 6) is 0.0258. The highest BCUT2D eigenvalue weighted by Gasteiger charge is 2.25. The Morgan fingerprint density at radius 2 is 1.95 bits per heavy atom. The average Bonchev–Trinajstić information content (AvgIpc) is 2.66. The van der Waals surface area contributed by atoms with Crippen LogP contribution in [0.15, 0.2) is 23.4 Å². The molecule has 0 aromatic carbocycles. The van der Waals surface area contributed by atoms with Crippen molar-refractivity contribution in [2.45, 2.75) is 25.3 Å². The standard InChI is InChI=1S/C11H16N6O2S/c1-8-10(9(2)17(15-8)7-4-12)20(18,19)16-11-13-5-3-6-14-11/h3,5-6H,4,7,12H2,1-2H3,(H,13,14,16). The van der Waals surface area contributed by atoms with Crippen LogP contribution in [0.1, 0.15) is 11.4 Å². The first-order valence-corrected chi connectivity index (χ1v) is 7.48. The van der Waals surface area contributed by atoms with Gasteiger partial charge in [-0.3, -0.25) is 4.68 Å². The van der Waals surface area contributed by atoms with Crippen LogP contribution < -0.4 is 10.5 Å². The smallest absolute Gasteiger partial charge is 0.267 e. The highest BCUT2D eigenvalue weighted by molar-refractivity contribution is 7.92. The van der Waals surface area contributed by atoms with E-state index in [1.54, 1.807) is 24.6 Å². The molecule has 0 amide bonds. The molecule has 2 rings (SSSR count). The number of nitrogens with two attached hydrogens (primary N) is 1. The van der Waals surface area contributed by atoms with E-state index in [-0.39, 0.29) is 10.8 Å². The van der Waals surface area contributed by atoms with Gasteiger partial charge in [0, 0.05) is 18.9 Å². The molecule has 0 saturated carbocycles. The number of nitrogens with zero attached hydrogens (tertiary/aromatic N) is 4. The van der Waals surface area contributed by atoms with Crippen molar-refractivity contribution in [3.8, 4) is 0 Å². The Kier molecular flexibility index (Phi) is 4.00. The topological polar surface area (TPSA) is 116 Å². The largest absolute Gasteiger partial charge is 0.329 e. The summed E-state index contributed by atoms with van der Waals surface area (Å²) in [5, 5.41) is 4.18. The normalized spacial score (nSPS) is 11.6. The number of aromatic nitrogens is 4.